The topological polar surface area (TPSA) is 51.0 Å². The van der Waals surface area contributed by atoms with Crippen LogP contribution in [-0.4, -0.2) is 9.97 Å². The maximum Gasteiger partial charge on any atom is 0.172 e. The third kappa shape index (κ3) is 2.15. The zero-order valence-corrected chi connectivity index (χ0v) is 10.2. The lowest BCUT2D eigenvalue weighted by molar-refractivity contribution is 0.518. The summed E-state index contributed by atoms with van der Waals surface area (Å²) in [5, 5.41) is 3.47. The van der Waals surface area contributed by atoms with E-state index in [0.29, 0.717) is 17.5 Å². The van der Waals surface area contributed by atoms with Gasteiger partial charge in [0.15, 0.2) is 11.0 Å². The van der Waals surface area contributed by atoms with Crippen molar-refractivity contribution in [2.75, 3.05) is 5.32 Å². The number of furan rings is 1. The first-order valence-corrected chi connectivity index (χ1v) is 5.89. The average Bonchev–Trinajstić information content (AvgIpc) is 2.89. The van der Waals surface area contributed by atoms with Crippen molar-refractivity contribution in [3.8, 4) is 0 Å². The SMILES string of the molecule is Clc1nc2ccccc2nc1NCc1ccco1. The molecule has 0 aliphatic rings. The van der Waals surface area contributed by atoms with E-state index in [1.54, 1.807) is 6.26 Å². The van der Waals surface area contributed by atoms with Crippen LogP contribution in [0.1, 0.15) is 5.76 Å². The molecule has 0 aliphatic heterocycles. The van der Waals surface area contributed by atoms with E-state index < -0.39 is 0 Å². The Morgan fingerprint density at radius 1 is 1.06 bits per heavy atom. The number of hydrogen-bond donors (Lipinski definition) is 1. The predicted molar refractivity (Wildman–Crippen MR) is 70.6 cm³/mol. The summed E-state index contributed by atoms with van der Waals surface area (Å²) in [4.78, 5) is 8.71. The molecule has 0 fully saturated rings. The standard InChI is InChI=1S/C13H10ClN3O/c14-12-13(15-8-9-4-3-7-18-9)17-11-6-2-1-5-10(11)16-12/h1-7H,8H2,(H,15,17). The molecule has 0 saturated carbocycles. The Kier molecular flexibility index (Phi) is 2.86. The summed E-state index contributed by atoms with van der Waals surface area (Å²) in [6, 6.07) is 11.3. The Balaban J connectivity index is 1.89. The van der Waals surface area contributed by atoms with Crippen LogP contribution in [0.5, 0.6) is 0 Å². The lowest BCUT2D eigenvalue weighted by Gasteiger charge is -2.06. The van der Waals surface area contributed by atoms with Crippen LogP contribution in [0, 0.1) is 0 Å². The van der Waals surface area contributed by atoms with Gasteiger partial charge in [-0.3, -0.25) is 0 Å². The number of nitrogens with zero attached hydrogens (tertiary/aromatic N) is 2. The second-order valence-corrected chi connectivity index (χ2v) is 4.14. The number of para-hydroxylation sites is 2. The molecule has 1 aromatic carbocycles. The first-order valence-electron chi connectivity index (χ1n) is 5.51. The number of aromatic nitrogens is 2. The third-order valence-corrected chi connectivity index (χ3v) is 2.80. The van der Waals surface area contributed by atoms with E-state index in [-0.39, 0.29) is 0 Å². The van der Waals surface area contributed by atoms with Crippen molar-refractivity contribution in [3.05, 3.63) is 53.6 Å². The van der Waals surface area contributed by atoms with E-state index in [4.69, 9.17) is 16.0 Å². The molecular weight excluding hydrogens is 250 g/mol. The highest BCUT2D eigenvalue weighted by Gasteiger charge is 2.06. The minimum atomic E-state index is 0.361. The van der Waals surface area contributed by atoms with Crippen molar-refractivity contribution in [1.29, 1.82) is 0 Å². The van der Waals surface area contributed by atoms with Crippen LogP contribution >= 0.6 is 11.6 Å². The summed E-state index contributed by atoms with van der Waals surface area (Å²) in [6.07, 6.45) is 1.63. The van der Waals surface area contributed by atoms with Gasteiger partial charge in [-0.15, -0.1) is 0 Å². The van der Waals surface area contributed by atoms with Gasteiger partial charge in [-0.1, -0.05) is 23.7 Å². The van der Waals surface area contributed by atoms with Gasteiger partial charge in [-0.05, 0) is 24.3 Å². The highest BCUT2D eigenvalue weighted by atomic mass is 35.5. The number of halogens is 1. The molecule has 0 bridgehead atoms. The number of benzene rings is 1. The molecule has 0 atom stereocenters. The van der Waals surface area contributed by atoms with Crippen LogP contribution in [0.4, 0.5) is 5.82 Å². The summed E-state index contributed by atoms with van der Waals surface area (Å²) in [5.74, 6) is 1.38. The van der Waals surface area contributed by atoms with Gasteiger partial charge in [0.05, 0.1) is 23.8 Å². The number of rotatable bonds is 3. The number of fused-ring (bicyclic) bond motifs is 1. The Bertz CT molecular complexity index is 667. The fourth-order valence-corrected chi connectivity index (χ4v) is 1.88. The molecule has 0 amide bonds. The van der Waals surface area contributed by atoms with E-state index in [2.05, 4.69) is 15.3 Å². The summed E-state index contributed by atoms with van der Waals surface area (Å²) < 4.78 is 5.23. The van der Waals surface area contributed by atoms with E-state index in [1.807, 2.05) is 36.4 Å². The normalized spacial score (nSPS) is 10.7. The number of nitrogens with one attached hydrogen (secondary N) is 1. The molecule has 0 unspecified atom stereocenters. The molecule has 0 saturated heterocycles. The van der Waals surface area contributed by atoms with Gasteiger partial charge in [0.25, 0.3) is 0 Å². The molecule has 18 heavy (non-hydrogen) atoms. The molecule has 0 aliphatic carbocycles. The molecule has 0 spiro atoms. The fourth-order valence-electron chi connectivity index (χ4n) is 1.67. The minimum Gasteiger partial charge on any atom is -0.467 e. The molecule has 4 nitrogen and oxygen atoms in total. The van der Waals surface area contributed by atoms with Crippen LogP contribution < -0.4 is 5.32 Å². The smallest absolute Gasteiger partial charge is 0.172 e. The number of hydrogen-bond acceptors (Lipinski definition) is 4. The Morgan fingerprint density at radius 3 is 2.56 bits per heavy atom. The van der Waals surface area contributed by atoms with Gasteiger partial charge in [-0.25, -0.2) is 9.97 Å². The van der Waals surface area contributed by atoms with Crippen molar-refractivity contribution in [2.45, 2.75) is 6.54 Å². The van der Waals surface area contributed by atoms with E-state index in [0.717, 1.165) is 16.8 Å². The molecular formula is C13H10ClN3O. The lowest BCUT2D eigenvalue weighted by Crippen LogP contribution is -2.02. The summed E-state index contributed by atoms with van der Waals surface area (Å²) in [7, 11) is 0. The maximum atomic E-state index is 6.08. The Hall–Kier alpha value is -2.07. The van der Waals surface area contributed by atoms with Gasteiger partial charge in [0, 0.05) is 0 Å². The molecule has 3 rings (SSSR count). The van der Waals surface area contributed by atoms with Crippen LogP contribution in [-0.2, 0) is 6.54 Å². The fraction of sp³-hybridized carbons (Fsp3) is 0.0769. The third-order valence-electron chi connectivity index (χ3n) is 2.54. The number of anilines is 1. The Labute approximate surface area is 109 Å². The zero-order chi connectivity index (χ0) is 12.4. The first kappa shape index (κ1) is 11.0. The first-order chi connectivity index (χ1) is 8.83. The molecule has 1 N–H and O–H groups in total. The minimum absolute atomic E-state index is 0.361. The maximum absolute atomic E-state index is 6.08. The van der Waals surface area contributed by atoms with Crippen molar-refractivity contribution < 1.29 is 4.42 Å². The van der Waals surface area contributed by atoms with E-state index >= 15 is 0 Å². The molecule has 5 heteroatoms. The summed E-state index contributed by atoms with van der Waals surface area (Å²) >= 11 is 6.08. The molecule has 90 valence electrons. The van der Waals surface area contributed by atoms with Gasteiger partial charge in [0.1, 0.15) is 5.76 Å². The van der Waals surface area contributed by atoms with Gasteiger partial charge >= 0.3 is 0 Å². The lowest BCUT2D eigenvalue weighted by atomic mass is 10.3. The quantitative estimate of drug-likeness (QED) is 0.782. The van der Waals surface area contributed by atoms with Crippen molar-refractivity contribution in [3.63, 3.8) is 0 Å². The van der Waals surface area contributed by atoms with Crippen LogP contribution in [0.3, 0.4) is 0 Å². The summed E-state index contributed by atoms with van der Waals surface area (Å²) in [5.41, 5.74) is 1.59. The van der Waals surface area contributed by atoms with Crippen LogP contribution in [0.25, 0.3) is 11.0 Å². The molecule has 2 heterocycles. The molecule has 2 aromatic heterocycles. The molecule has 3 aromatic rings. The van der Waals surface area contributed by atoms with E-state index in [1.165, 1.54) is 0 Å². The van der Waals surface area contributed by atoms with Crippen LogP contribution in [0.2, 0.25) is 5.15 Å². The van der Waals surface area contributed by atoms with Crippen molar-refractivity contribution in [2.24, 2.45) is 0 Å². The Morgan fingerprint density at radius 2 is 1.83 bits per heavy atom. The van der Waals surface area contributed by atoms with Crippen molar-refractivity contribution in [1.82, 2.24) is 9.97 Å². The second-order valence-electron chi connectivity index (χ2n) is 3.78. The van der Waals surface area contributed by atoms with Crippen molar-refractivity contribution >= 4 is 28.5 Å². The predicted octanol–water partition coefficient (Wildman–Crippen LogP) is 3.49. The highest BCUT2D eigenvalue weighted by Crippen LogP contribution is 2.21. The van der Waals surface area contributed by atoms with Gasteiger partial charge in [0.2, 0.25) is 0 Å². The zero-order valence-electron chi connectivity index (χ0n) is 9.43. The highest BCUT2D eigenvalue weighted by molar-refractivity contribution is 6.32. The largest absolute Gasteiger partial charge is 0.467 e. The summed E-state index contributed by atoms with van der Waals surface area (Å²) in [6.45, 7) is 0.528. The van der Waals surface area contributed by atoms with Crippen LogP contribution in [0.15, 0.2) is 47.1 Å². The van der Waals surface area contributed by atoms with E-state index in [9.17, 15) is 0 Å². The molecule has 0 radical (unpaired) electrons. The van der Waals surface area contributed by atoms with Gasteiger partial charge < -0.3 is 9.73 Å². The average molecular weight is 260 g/mol. The second kappa shape index (κ2) is 4.66. The monoisotopic (exact) mass is 259 g/mol. The van der Waals surface area contributed by atoms with Gasteiger partial charge in [-0.2, -0.15) is 0 Å².